The van der Waals surface area contributed by atoms with Crippen LogP contribution in [0.1, 0.15) is 19.4 Å². The minimum atomic E-state index is -1.03. The Kier molecular flexibility index (Phi) is 6.13. The molecule has 0 aromatic heterocycles. The molecule has 1 N–H and O–H groups in total. The van der Waals surface area contributed by atoms with Gasteiger partial charge < -0.3 is 14.8 Å². The molecular formula is C19H18N2O4. The van der Waals surface area contributed by atoms with E-state index in [9.17, 15) is 9.59 Å². The van der Waals surface area contributed by atoms with Crippen LogP contribution in [0.25, 0.3) is 0 Å². The van der Waals surface area contributed by atoms with Gasteiger partial charge in [-0.05, 0) is 38.1 Å². The molecule has 2 atom stereocenters. The zero-order valence-corrected chi connectivity index (χ0v) is 13.9. The molecule has 6 nitrogen and oxygen atoms in total. The second-order valence-electron chi connectivity index (χ2n) is 5.30. The van der Waals surface area contributed by atoms with Gasteiger partial charge in [0.2, 0.25) is 0 Å². The Morgan fingerprint density at radius 1 is 1.00 bits per heavy atom. The molecule has 128 valence electrons. The van der Waals surface area contributed by atoms with E-state index in [1.54, 1.807) is 55.5 Å². The molecule has 0 aliphatic carbocycles. The Labute approximate surface area is 146 Å². The molecule has 0 saturated carbocycles. The van der Waals surface area contributed by atoms with E-state index >= 15 is 0 Å². The van der Waals surface area contributed by atoms with Crippen LogP contribution in [-0.4, -0.2) is 24.1 Å². The van der Waals surface area contributed by atoms with Crippen LogP contribution in [-0.2, 0) is 14.3 Å². The van der Waals surface area contributed by atoms with Gasteiger partial charge in [0.15, 0.2) is 12.2 Å². The number of hydrogen-bond acceptors (Lipinski definition) is 5. The van der Waals surface area contributed by atoms with Gasteiger partial charge in [-0.1, -0.05) is 30.3 Å². The lowest BCUT2D eigenvalue weighted by Crippen LogP contribution is -2.35. The average molecular weight is 338 g/mol. The van der Waals surface area contributed by atoms with Gasteiger partial charge in [0.05, 0.1) is 11.3 Å². The van der Waals surface area contributed by atoms with Crippen molar-refractivity contribution in [1.82, 2.24) is 0 Å². The van der Waals surface area contributed by atoms with E-state index in [1.165, 1.54) is 6.92 Å². The third-order valence-electron chi connectivity index (χ3n) is 3.36. The zero-order valence-electron chi connectivity index (χ0n) is 13.9. The number of hydrogen-bond donors (Lipinski definition) is 1. The number of nitriles is 1. The van der Waals surface area contributed by atoms with Crippen LogP contribution in [0.5, 0.6) is 5.75 Å². The highest BCUT2D eigenvalue weighted by molar-refractivity contribution is 5.96. The second-order valence-corrected chi connectivity index (χ2v) is 5.30. The average Bonchev–Trinajstić information content (AvgIpc) is 2.62. The maximum atomic E-state index is 12.2. The van der Waals surface area contributed by atoms with Gasteiger partial charge in [0, 0.05) is 0 Å². The van der Waals surface area contributed by atoms with E-state index in [1.807, 2.05) is 12.1 Å². The molecule has 1 amide bonds. The molecule has 0 bridgehead atoms. The van der Waals surface area contributed by atoms with Crippen LogP contribution in [0, 0.1) is 11.3 Å². The normalized spacial score (nSPS) is 12.4. The minimum Gasteiger partial charge on any atom is -0.479 e. The molecular weight excluding hydrogens is 320 g/mol. The van der Waals surface area contributed by atoms with Gasteiger partial charge in [0.25, 0.3) is 5.91 Å². The highest BCUT2D eigenvalue weighted by Crippen LogP contribution is 2.15. The summed E-state index contributed by atoms with van der Waals surface area (Å²) >= 11 is 0. The summed E-state index contributed by atoms with van der Waals surface area (Å²) in [5.41, 5.74) is 0.696. The van der Waals surface area contributed by atoms with Crippen molar-refractivity contribution in [2.45, 2.75) is 26.1 Å². The molecule has 0 spiro atoms. The summed E-state index contributed by atoms with van der Waals surface area (Å²) in [7, 11) is 0. The monoisotopic (exact) mass is 338 g/mol. The summed E-state index contributed by atoms with van der Waals surface area (Å²) in [4.78, 5) is 24.2. The topological polar surface area (TPSA) is 88.4 Å². The SMILES string of the molecule is C[C@@H](OC(=O)[C@@H](C)Oc1ccccc1)C(=O)Nc1ccccc1C#N. The van der Waals surface area contributed by atoms with Gasteiger partial charge >= 0.3 is 5.97 Å². The molecule has 0 saturated heterocycles. The first-order chi connectivity index (χ1) is 12.0. The van der Waals surface area contributed by atoms with Crippen LogP contribution < -0.4 is 10.1 Å². The molecule has 0 unspecified atom stereocenters. The lowest BCUT2D eigenvalue weighted by Gasteiger charge is -2.18. The van der Waals surface area contributed by atoms with Crippen LogP contribution in [0.2, 0.25) is 0 Å². The number of nitrogens with one attached hydrogen (secondary N) is 1. The maximum Gasteiger partial charge on any atom is 0.347 e. The molecule has 0 fully saturated rings. The lowest BCUT2D eigenvalue weighted by atomic mass is 10.2. The molecule has 2 aromatic carbocycles. The summed E-state index contributed by atoms with van der Waals surface area (Å²) < 4.78 is 10.6. The summed E-state index contributed by atoms with van der Waals surface area (Å²) in [5.74, 6) is -0.643. The summed E-state index contributed by atoms with van der Waals surface area (Å²) in [6.07, 6.45) is -1.88. The Morgan fingerprint density at radius 2 is 1.64 bits per heavy atom. The number of esters is 1. The summed E-state index contributed by atoms with van der Waals surface area (Å²) in [6.45, 7) is 3.00. The predicted molar refractivity (Wildman–Crippen MR) is 91.9 cm³/mol. The highest BCUT2D eigenvalue weighted by atomic mass is 16.6. The minimum absolute atomic E-state index is 0.329. The molecule has 0 aliphatic heterocycles. The molecule has 2 aromatic rings. The van der Waals surface area contributed by atoms with Crippen LogP contribution in [0.4, 0.5) is 5.69 Å². The van der Waals surface area contributed by atoms with Crippen molar-refractivity contribution in [3.63, 3.8) is 0 Å². The highest BCUT2D eigenvalue weighted by Gasteiger charge is 2.23. The van der Waals surface area contributed by atoms with Gasteiger partial charge in [-0.25, -0.2) is 4.79 Å². The Balaban J connectivity index is 1.92. The van der Waals surface area contributed by atoms with E-state index in [2.05, 4.69) is 5.32 Å². The fraction of sp³-hybridized carbons (Fsp3) is 0.211. The van der Waals surface area contributed by atoms with Crippen molar-refractivity contribution in [2.24, 2.45) is 0 Å². The second kappa shape index (κ2) is 8.50. The first-order valence-electron chi connectivity index (χ1n) is 7.73. The third-order valence-corrected chi connectivity index (χ3v) is 3.36. The molecule has 25 heavy (non-hydrogen) atoms. The Morgan fingerprint density at radius 3 is 2.32 bits per heavy atom. The first kappa shape index (κ1) is 18.0. The standard InChI is InChI=1S/C19H18N2O4/c1-13(18(22)21-17-11-7-6-8-15(17)12-20)25-19(23)14(2)24-16-9-4-3-5-10-16/h3-11,13-14H,1-2H3,(H,21,22)/t13-,14-/m1/s1. The van der Waals surface area contributed by atoms with Crippen LogP contribution in [0.3, 0.4) is 0 Å². The largest absolute Gasteiger partial charge is 0.479 e. The summed E-state index contributed by atoms with van der Waals surface area (Å²) in [6, 6.07) is 17.4. The van der Waals surface area contributed by atoms with Gasteiger partial charge in [0.1, 0.15) is 11.8 Å². The van der Waals surface area contributed by atoms with Crippen LogP contribution in [0.15, 0.2) is 54.6 Å². The number of nitrogens with zero attached hydrogens (tertiary/aromatic N) is 1. The maximum absolute atomic E-state index is 12.2. The van der Waals surface area contributed by atoms with Crippen molar-refractivity contribution in [3.8, 4) is 11.8 Å². The third kappa shape index (κ3) is 5.08. The van der Waals surface area contributed by atoms with E-state index < -0.39 is 24.1 Å². The van der Waals surface area contributed by atoms with Crippen molar-refractivity contribution >= 4 is 17.6 Å². The number of carbonyl (C=O) groups excluding carboxylic acids is 2. The fourth-order valence-electron chi connectivity index (χ4n) is 2.00. The molecule has 2 rings (SSSR count). The molecule has 0 aliphatic rings. The zero-order chi connectivity index (χ0) is 18.2. The summed E-state index contributed by atoms with van der Waals surface area (Å²) in [5, 5.41) is 11.6. The molecule has 6 heteroatoms. The van der Waals surface area contributed by atoms with Gasteiger partial charge in [-0.15, -0.1) is 0 Å². The Hall–Kier alpha value is -3.33. The van der Waals surface area contributed by atoms with E-state index in [0.29, 0.717) is 17.0 Å². The molecule has 0 heterocycles. The fourth-order valence-corrected chi connectivity index (χ4v) is 2.00. The van der Waals surface area contributed by atoms with Crippen molar-refractivity contribution < 1.29 is 19.1 Å². The number of para-hydroxylation sites is 2. The predicted octanol–water partition coefficient (Wildman–Crippen LogP) is 2.90. The number of ether oxygens (including phenoxy) is 2. The molecule has 0 radical (unpaired) electrons. The Bertz CT molecular complexity index is 784. The van der Waals surface area contributed by atoms with Crippen LogP contribution >= 0.6 is 0 Å². The van der Waals surface area contributed by atoms with Gasteiger partial charge in [-0.3, -0.25) is 4.79 Å². The van der Waals surface area contributed by atoms with Crippen molar-refractivity contribution in [3.05, 3.63) is 60.2 Å². The lowest BCUT2D eigenvalue weighted by molar-refractivity contribution is -0.159. The van der Waals surface area contributed by atoms with Crippen molar-refractivity contribution in [2.75, 3.05) is 5.32 Å². The number of amides is 1. The number of carbonyl (C=O) groups is 2. The number of rotatable bonds is 6. The number of anilines is 1. The van der Waals surface area contributed by atoms with Gasteiger partial charge in [-0.2, -0.15) is 5.26 Å². The quantitative estimate of drug-likeness (QED) is 0.818. The van der Waals surface area contributed by atoms with E-state index in [4.69, 9.17) is 14.7 Å². The smallest absolute Gasteiger partial charge is 0.347 e. The van der Waals surface area contributed by atoms with E-state index in [0.717, 1.165) is 0 Å². The van der Waals surface area contributed by atoms with Crippen molar-refractivity contribution in [1.29, 1.82) is 5.26 Å². The number of benzene rings is 2. The van der Waals surface area contributed by atoms with E-state index in [-0.39, 0.29) is 0 Å². The first-order valence-corrected chi connectivity index (χ1v) is 7.73.